The van der Waals surface area contributed by atoms with Gasteiger partial charge in [0.1, 0.15) is 5.75 Å². The Labute approximate surface area is 95.0 Å². The summed E-state index contributed by atoms with van der Waals surface area (Å²) >= 11 is 0. The van der Waals surface area contributed by atoms with Gasteiger partial charge in [-0.25, -0.2) is 0 Å². The van der Waals surface area contributed by atoms with Gasteiger partial charge in [0.25, 0.3) is 0 Å². The molecule has 1 aromatic carbocycles. The topological polar surface area (TPSA) is 46.5 Å². The van der Waals surface area contributed by atoms with Gasteiger partial charge in [-0.2, -0.15) is 0 Å². The SMILES string of the molecule is CCOC(=O)Cc1c(O)cccc1C1CC1. The molecular formula is C13H16O3. The van der Waals surface area contributed by atoms with Crippen LogP contribution < -0.4 is 0 Å². The van der Waals surface area contributed by atoms with E-state index in [-0.39, 0.29) is 18.1 Å². The lowest BCUT2D eigenvalue weighted by Gasteiger charge is -2.10. The Bertz CT molecular complexity index is 394. The number of phenolic OH excluding ortho intramolecular Hbond substituents is 1. The maximum absolute atomic E-state index is 11.4. The van der Waals surface area contributed by atoms with Gasteiger partial charge in [0.2, 0.25) is 0 Å². The third kappa shape index (κ3) is 2.35. The molecule has 86 valence electrons. The smallest absolute Gasteiger partial charge is 0.310 e. The van der Waals surface area contributed by atoms with Crippen LogP contribution in [0.2, 0.25) is 0 Å². The number of esters is 1. The van der Waals surface area contributed by atoms with E-state index in [9.17, 15) is 9.90 Å². The molecule has 3 heteroatoms. The largest absolute Gasteiger partial charge is 0.508 e. The van der Waals surface area contributed by atoms with Gasteiger partial charge in [-0.1, -0.05) is 12.1 Å². The first-order valence-corrected chi connectivity index (χ1v) is 5.68. The molecule has 0 saturated heterocycles. The van der Waals surface area contributed by atoms with Gasteiger partial charge in [0, 0.05) is 5.56 Å². The van der Waals surface area contributed by atoms with E-state index in [0.29, 0.717) is 12.5 Å². The van der Waals surface area contributed by atoms with E-state index < -0.39 is 0 Å². The van der Waals surface area contributed by atoms with E-state index in [0.717, 1.165) is 24.0 Å². The van der Waals surface area contributed by atoms with Gasteiger partial charge in [0.05, 0.1) is 13.0 Å². The Morgan fingerprint density at radius 3 is 2.88 bits per heavy atom. The highest BCUT2D eigenvalue weighted by Crippen LogP contribution is 2.43. The van der Waals surface area contributed by atoms with Crippen LogP contribution in [0.1, 0.15) is 36.8 Å². The molecule has 0 radical (unpaired) electrons. The van der Waals surface area contributed by atoms with Crippen LogP contribution in [0.15, 0.2) is 18.2 Å². The van der Waals surface area contributed by atoms with Crippen LogP contribution in [-0.4, -0.2) is 17.7 Å². The highest BCUT2D eigenvalue weighted by Gasteiger charge is 2.27. The van der Waals surface area contributed by atoms with Crippen molar-refractivity contribution in [1.29, 1.82) is 0 Å². The van der Waals surface area contributed by atoms with Crippen LogP contribution >= 0.6 is 0 Å². The minimum absolute atomic E-state index is 0.173. The molecule has 1 aliphatic carbocycles. The molecule has 16 heavy (non-hydrogen) atoms. The molecule has 0 spiro atoms. The average Bonchev–Trinajstić information content (AvgIpc) is 3.05. The predicted octanol–water partition coefficient (Wildman–Crippen LogP) is 2.38. The standard InChI is InChI=1S/C13H16O3/c1-2-16-13(15)8-11-10(9-6-7-9)4-3-5-12(11)14/h3-5,9,14H,2,6-8H2,1H3. The summed E-state index contributed by atoms with van der Waals surface area (Å²) in [5.74, 6) is 0.458. The van der Waals surface area contributed by atoms with E-state index >= 15 is 0 Å². The molecule has 0 heterocycles. The Hall–Kier alpha value is -1.51. The first-order valence-electron chi connectivity index (χ1n) is 5.68. The van der Waals surface area contributed by atoms with E-state index in [1.54, 1.807) is 13.0 Å². The first kappa shape index (κ1) is 11.0. The lowest BCUT2D eigenvalue weighted by Crippen LogP contribution is -2.09. The molecule has 3 nitrogen and oxygen atoms in total. The van der Waals surface area contributed by atoms with Crippen molar-refractivity contribution in [2.75, 3.05) is 6.61 Å². The lowest BCUT2D eigenvalue weighted by atomic mass is 10.00. The quantitative estimate of drug-likeness (QED) is 0.792. The minimum atomic E-state index is -0.272. The summed E-state index contributed by atoms with van der Waals surface area (Å²) in [5, 5.41) is 9.78. The van der Waals surface area contributed by atoms with E-state index in [1.807, 2.05) is 12.1 Å². The summed E-state index contributed by atoms with van der Waals surface area (Å²) in [4.78, 5) is 11.4. The van der Waals surface area contributed by atoms with Gasteiger partial charge in [-0.05, 0) is 37.3 Å². The summed E-state index contributed by atoms with van der Waals surface area (Å²) in [6.45, 7) is 2.16. The number of carbonyl (C=O) groups excluding carboxylic acids is 1. The molecule has 0 aromatic heterocycles. The number of aromatic hydroxyl groups is 1. The fourth-order valence-corrected chi connectivity index (χ4v) is 1.92. The third-order valence-corrected chi connectivity index (χ3v) is 2.83. The average molecular weight is 220 g/mol. The number of benzene rings is 1. The van der Waals surface area contributed by atoms with Crippen LogP contribution in [0.4, 0.5) is 0 Å². The Balaban J connectivity index is 2.20. The zero-order chi connectivity index (χ0) is 11.5. The zero-order valence-electron chi connectivity index (χ0n) is 9.40. The molecular weight excluding hydrogens is 204 g/mol. The molecule has 0 bridgehead atoms. The van der Waals surface area contributed by atoms with Gasteiger partial charge in [0.15, 0.2) is 0 Å². The van der Waals surface area contributed by atoms with Crippen LogP contribution in [0, 0.1) is 0 Å². The van der Waals surface area contributed by atoms with Crippen molar-refractivity contribution in [2.45, 2.75) is 32.1 Å². The first-order chi connectivity index (χ1) is 7.72. The molecule has 1 N–H and O–H groups in total. The molecule has 2 rings (SSSR count). The Morgan fingerprint density at radius 1 is 1.50 bits per heavy atom. The molecule has 1 aliphatic rings. The third-order valence-electron chi connectivity index (χ3n) is 2.83. The van der Waals surface area contributed by atoms with Crippen molar-refractivity contribution in [3.8, 4) is 5.75 Å². The maximum Gasteiger partial charge on any atom is 0.310 e. The molecule has 1 saturated carbocycles. The Morgan fingerprint density at radius 2 is 2.25 bits per heavy atom. The summed E-state index contributed by atoms with van der Waals surface area (Å²) in [6, 6.07) is 5.45. The van der Waals surface area contributed by atoms with Crippen LogP contribution in [-0.2, 0) is 16.0 Å². The second kappa shape index (κ2) is 4.56. The molecule has 0 atom stereocenters. The van der Waals surface area contributed by atoms with Gasteiger partial charge < -0.3 is 9.84 Å². The highest BCUT2D eigenvalue weighted by atomic mass is 16.5. The van der Waals surface area contributed by atoms with Crippen molar-refractivity contribution in [2.24, 2.45) is 0 Å². The fourth-order valence-electron chi connectivity index (χ4n) is 1.92. The van der Waals surface area contributed by atoms with E-state index in [2.05, 4.69) is 0 Å². The molecule has 1 aromatic rings. The van der Waals surface area contributed by atoms with Crippen molar-refractivity contribution in [1.82, 2.24) is 0 Å². The fraction of sp³-hybridized carbons (Fsp3) is 0.462. The number of phenols is 1. The van der Waals surface area contributed by atoms with Crippen LogP contribution in [0.3, 0.4) is 0 Å². The second-order valence-corrected chi connectivity index (χ2v) is 4.10. The van der Waals surface area contributed by atoms with Crippen molar-refractivity contribution >= 4 is 5.97 Å². The molecule has 0 aliphatic heterocycles. The number of ether oxygens (including phenoxy) is 1. The highest BCUT2D eigenvalue weighted by molar-refractivity contribution is 5.74. The van der Waals surface area contributed by atoms with Gasteiger partial charge in [-0.15, -0.1) is 0 Å². The predicted molar refractivity (Wildman–Crippen MR) is 60.4 cm³/mol. The number of hydrogen-bond donors (Lipinski definition) is 1. The van der Waals surface area contributed by atoms with E-state index in [1.165, 1.54) is 0 Å². The normalized spacial score (nSPS) is 14.8. The zero-order valence-corrected chi connectivity index (χ0v) is 9.40. The number of carbonyl (C=O) groups is 1. The van der Waals surface area contributed by atoms with Crippen LogP contribution in [0.25, 0.3) is 0 Å². The number of hydrogen-bond acceptors (Lipinski definition) is 3. The van der Waals surface area contributed by atoms with Gasteiger partial charge in [-0.3, -0.25) is 4.79 Å². The summed E-state index contributed by atoms with van der Waals surface area (Å²) in [6.07, 6.45) is 2.48. The molecule has 1 fully saturated rings. The van der Waals surface area contributed by atoms with Crippen molar-refractivity contribution in [3.63, 3.8) is 0 Å². The van der Waals surface area contributed by atoms with Gasteiger partial charge >= 0.3 is 5.97 Å². The minimum Gasteiger partial charge on any atom is -0.508 e. The lowest BCUT2D eigenvalue weighted by molar-refractivity contribution is -0.142. The van der Waals surface area contributed by atoms with Crippen molar-refractivity contribution in [3.05, 3.63) is 29.3 Å². The summed E-state index contributed by atoms with van der Waals surface area (Å²) in [5.41, 5.74) is 1.84. The second-order valence-electron chi connectivity index (χ2n) is 4.10. The summed E-state index contributed by atoms with van der Waals surface area (Å²) < 4.78 is 4.91. The van der Waals surface area contributed by atoms with E-state index in [4.69, 9.17) is 4.74 Å². The van der Waals surface area contributed by atoms with Crippen molar-refractivity contribution < 1.29 is 14.6 Å². The summed E-state index contributed by atoms with van der Waals surface area (Å²) in [7, 11) is 0. The Kier molecular flexibility index (Phi) is 3.13. The monoisotopic (exact) mass is 220 g/mol. The molecule has 0 unspecified atom stereocenters. The van der Waals surface area contributed by atoms with Crippen LogP contribution in [0.5, 0.6) is 5.75 Å². The number of rotatable bonds is 4. The maximum atomic E-state index is 11.4. The molecule has 0 amide bonds.